The quantitative estimate of drug-likeness (QED) is 0.375. The number of benzene rings is 1. The maximum atomic E-state index is 5.25. The number of hydrogen-bond acceptors (Lipinski definition) is 3. The van der Waals surface area contributed by atoms with E-state index in [-0.39, 0.29) is 24.0 Å². The molecule has 1 atom stereocenters. The molecule has 0 aliphatic rings. The van der Waals surface area contributed by atoms with Crippen molar-refractivity contribution in [1.29, 1.82) is 0 Å². The third-order valence-electron chi connectivity index (χ3n) is 3.67. The first-order chi connectivity index (χ1) is 11.2. The fraction of sp³-hybridized carbons (Fsp3) is 0.389. The Hall–Kier alpha value is -1.28. The lowest BCUT2D eigenvalue weighted by atomic mass is 10.1. The Morgan fingerprint density at radius 1 is 1.25 bits per heavy atom. The third kappa shape index (κ3) is 6.68. The molecule has 0 aliphatic heterocycles. The zero-order chi connectivity index (χ0) is 16.5. The van der Waals surface area contributed by atoms with Crippen LogP contribution in [0.5, 0.6) is 5.75 Å². The summed E-state index contributed by atoms with van der Waals surface area (Å²) in [6.45, 7) is 3.93. The first kappa shape index (κ1) is 20.8. The van der Waals surface area contributed by atoms with Crippen molar-refractivity contribution in [2.24, 2.45) is 4.99 Å². The van der Waals surface area contributed by atoms with Crippen LogP contribution in [0.15, 0.2) is 46.8 Å². The molecule has 0 aliphatic carbocycles. The van der Waals surface area contributed by atoms with Crippen molar-refractivity contribution >= 4 is 41.3 Å². The van der Waals surface area contributed by atoms with E-state index in [1.165, 1.54) is 10.4 Å². The summed E-state index contributed by atoms with van der Waals surface area (Å²) in [7, 11) is 3.49. The Bertz CT molecular complexity index is 616. The first-order valence-electron chi connectivity index (χ1n) is 7.83. The smallest absolute Gasteiger partial charge is 0.191 e. The molecule has 2 aromatic rings. The molecule has 1 heterocycles. The highest BCUT2D eigenvalue weighted by molar-refractivity contribution is 14.0. The summed E-state index contributed by atoms with van der Waals surface area (Å²) >= 11 is 1.80. The Balaban J connectivity index is 0.00000288. The third-order valence-corrected chi connectivity index (χ3v) is 4.77. The summed E-state index contributed by atoms with van der Waals surface area (Å²) < 4.78 is 5.25. The van der Waals surface area contributed by atoms with Gasteiger partial charge in [-0.15, -0.1) is 35.3 Å². The van der Waals surface area contributed by atoms with Crippen molar-refractivity contribution < 1.29 is 4.74 Å². The van der Waals surface area contributed by atoms with Crippen molar-refractivity contribution in [3.05, 3.63) is 52.2 Å². The maximum absolute atomic E-state index is 5.25. The maximum Gasteiger partial charge on any atom is 0.191 e. The van der Waals surface area contributed by atoms with Crippen molar-refractivity contribution in [2.45, 2.75) is 19.3 Å². The normalized spacial score (nSPS) is 12.2. The summed E-state index contributed by atoms with van der Waals surface area (Å²) in [5, 5.41) is 8.86. The zero-order valence-electron chi connectivity index (χ0n) is 14.4. The Morgan fingerprint density at radius 3 is 2.75 bits per heavy atom. The number of ether oxygens (including phenoxy) is 1. The summed E-state index contributed by atoms with van der Waals surface area (Å²) in [6, 6.07) is 12.4. The van der Waals surface area contributed by atoms with Crippen LogP contribution in [0.4, 0.5) is 0 Å². The average molecular weight is 459 g/mol. The van der Waals surface area contributed by atoms with Gasteiger partial charge in [0.05, 0.1) is 7.11 Å². The number of thiophene rings is 1. The van der Waals surface area contributed by atoms with Crippen LogP contribution in [0.2, 0.25) is 0 Å². The molecule has 0 fully saturated rings. The Morgan fingerprint density at radius 2 is 2.08 bits per heavy atom. The molecule has 4 nitrogen and oxygen atoms in total. The lowest BCUT2D eigenvalue weighted by Gasteiger charge is -2.15. The predicted octanol–water partition coefficient (Wildman–Crippen LogP) is 3.89. The second kappa shape index (κ2) is 11.3. The summed E-state index contributed by atoms with van der Waals surface area (Å²) in [5.74, 6) is 2.22. The molecule has 0 radical (unpaired) electrons. The number of rotatable bonds is 7. The largest absolute Gasteiger partial charge is 0.497 e. The zero-order valence-corrected chi connectivity index (χ0v) is 17.6. The minimum absolute atomic E-state index is 0. The van der Waals surface area contributed by atoms with Gasteiger partial charge >= 0.3 is 0 Å². The van der Waals surface area contributed by atoms with E-state index in [0.29, 0.717) is 5.92 Å². The second-order valence-corrected chi connectivity index (χ2v) is 6.38. The number of halogens is 1. The first-order valence-corrected chi connectivity index (χ1v) is 8.71. The van der Waals surface area contributed by atoms with Gasteiger partial charge in [0.2, 0.25) is 0 Å². The highest BCUT2D eigenvalue weighted by atomic mass is 127. The van der Waals surface area contributed by atoms with Gasteiger partial charge in [0, 0.05) is 30.9 Å². The van der Waals surface area contributed by atoms with E-state index in [0.717, 1.165) is 31.2 Å². The summed E-state index contributed by atoms with van der Waals surface area (Å²) in [6.07, 6.45) is 0.929. The molecule has 2 N–H and O–H groups in total. The molecular weight excluding hydrogens is 433 g/mol. The SMILES string of the molecule is CN=C(NCCc1cccc(OC)c1)NCC(C)c1cccs1.I. The molecule has 0 saturated heterocycles. The van der Waals surface area contributed by atoms with Crippen LogP contribution in [0.3, 0.4) is 0 Å². The minimum Gasteiger partial charge on any atom is -0.497 e. The number of guanidine groups is 1. The van der Waals surface area contributed by atoms with Gasteiger partial charge in [0.15, 0.2) is 5.96 Å². The lowest BCUT2D eigenvalue weighted by Crippen LogP contribution is -2.39. The van der Waals surface area contributed by atoms with E-state index in [1.807, 2.05) is 12.1 Å². The molecule has 0 amide bonds. The van der Waals surface area contributed by atoms with Gasteiger partial charge in [-0.2, -0.15) is 0 Å². The molecule has 0 spiro atoms. The van der Waals surface area contributed by atoms with Crippen molar-refractivity contribution in [1.82, 2.24) is 10.6 Å². The van der Waals surface area contributed by atoms with Crippen molar-refractivity contribution in [3.8, 4) is 5.75 Å². The Labute approximate surface area is 165 Å². The van der Waals surface area contributed by atoms with Crippen LogP contribution < -0.4 is 15.4 Å². The molecule has 0 bridgehead atoms. The van der Waals surface area contributed by atoms with Crippen LogP contribution in [-0.4, -0.2) is 33.2 Å². The Kier molecular flexibility index (Phi) is 9.78. The van der Waals surface area contributed by atoms with Crippen LogP contribution in [-0.2, 0) is 6.42 Å². The molecule has 132 valence electrons. The van der Waals surface area contributed by atoms with Crippen LogP contribution >= 0.6 is 35.3 Å². The summed E-state index contributed by atoms with van der Waals surface area (Å²) in [5.41, 5.74) is 1.25. The molecule has 24 heavy (non-hydrogen) atoms. The molecule has 6 heteroatoms. The van der Waals surface area contributed by atoms with E-state index in [1.54, 1.807) is 25.5 Å². The van der Waals surface area contributed by atoms with E-state index in [9.17, 15) is 0 Å². The van der Waals surface area contributed by atoms with Gasteiger partial charge in [0.25, 0.3) is 0 Å². The molecular formula is C18H26IN3OS. The molecule has 1 unspecified atom stereocenters. The van der Waals surface area contributed by atoms with Crippen LogP contribution in [0.25, 0.3) is 0 Å². The minimum atomic E-state index is 0. The highest BCUT2D eigenvalue weighted by Gasteiger charge is 2.07. The summed E-state index contributed by atoms with van der Waals surface area (Å²) in [4.78, 5) is 5.67. The lowest BCUT2D eigenvalue weighted by molar-refractivity contribution is 0.414. The number of aliphatic imine (C=N–C) groups is 1. The molecule has 2 rings (SSSR count). The topological polar surface area (TPSA) is 45.7 Å². The second-order valence-electron chi connectivity index (χ2n) is 5.40. The van der Waals surface area contributed by atoms with Crippen LogP contribution in [0, 0.1) is 0 Å². The van der Waals surface area contributed by atoms with Gasteiger partial charge < -0.3 is 15.4 Å². The number of hydrogen-bond donors (Lipinski definition) is 2. The van der Waals surface area contributed by atoms with Gasteiger partial charge in [-0.3, -0.25) is 4.99 Å². The highest BCUT2D eigenvalue weighted by Crippen LogP contribution is 2.19. The van der Waals surface area contributed by atoms with Gasteiger partial charge in [-0.25, -0.2) is 0 Å². The van der Waals surface area contributed by atoms with Gasteiger partial charge in [-0.05, 0) is 35.6 Å². The average Bonchev–Trinajstić information content (AvgIpc) is 3.12. The number of methoxy groups -OCH3 is 1. The van der Waals surface area contributed by atoms with E-state index >= 15 is 0 Å². The number of nitrogens with zero attached hydrogens (tertiary/aromatic N) is 1. The fourth-order valence-electron chi connectivity index (χ4n) is 2.30. The van der Waals surface area contributed by atoms with E-state index in [2.05, 4.69) is 52.2 Å². The predicted molar refractivity (Wildman–Crippen MR) is 114 cm³/mol. The fourth-order valence-corrected chi connectivity index (χ4v) is 3.08. The monoisotopic (exact) mass is 459 g/mol. The van der Waals surface area contributed by atoms with Gasteiger partial charge in [0.1, 0.15) is 5.75 Å². The van der Waals surface area contributed by atoms with Gasteiger partial charge in [-0.1, -0.05) is 25.1 Å². The molecule has 1 aromatic carbocycles. The van der Waals surface area contributed by atoms with E-state index in [4.69, 9.17) is 4.74 Å². The molecule has 1 aromatic heterocycles. The standard InChI is InChI=1S/C18H25N3OS.HI/c1-14(17-8-5-11-23-17)13-21-18(19-2)20-10-9-15-6-4-7-16(12-15)22-3;/h4-8,11-12,14H,9-10,13H2,1-3H3,(H2,19,20,21);1H. The number of nitrogens with one attached hydrogen (secondary N) is 2. The van der Waals surface area contributed by atoms with Crippen molar-refractivity contribution in [2.75, 3.05) is 27.2 Å². The van der Waals surface area contributed by atoms with E-state index < -0.39 is 0 Å². The molecule has 0 saturated carbocycles. The van der Waals surface area contributed by atoms with Crippen molar-refractivity contribution in [3.63, 3.8) is 0 Å². The van der Waals surface area contributed by atoms with Crippen LogP contribution in [0.1, 0.15) is 23.3 Å².